The van der Waals surface area contributed by atoms with Crippen LogP contribution >= 0.6 is 11.6 Å². The third kappa shape index (κ3) is 1.75. The van der Waals surface area contributed by atoms with E-state index in [1.807, 2.05) is 0 Å². The Balaban J connectivity index is 2.30. The molecule has 0 radical (unpaired) electrons. The van der Waals surface area contributed by atoms with E-state index in [2.05, 4.69) is 4.98 Å². The summed E-state index contributed by atoms with van der Waals surface area (Å²) >= 11 is 6.01. The van der Waals surface area contributed by atoms with Crippen molar-refractivity contribution in [3.05, 3.63) is 30.1 Å². The van der Waals surface area contributed by atoms with E-state index >= 15 is 0 Å². The Hall–Kier alpha value is -1.23. The highest BCUT2D eigenvalue weighted by Crippen LogP contribution is 2.57. The standard InChI is InChI=1S/C13H12ClF3N2/c1-8(14)11-18-9-4-2-3-5-10(9)19(11)12(6-7-12)13(15,16)17/h2-5,8H,6-7H2,1H3. The highest BCUT2D eigenvalue weighted by Gasteiger charge is 2.66. The SMILES string of the molecule is CC(Cl)c1nc2ccccc2n1C1(C(F)(F)F)CC1. The van der Waals surface area contributed by atoms with Crippen LogP contribution in [-0.4, -0.2) is 15.7 Å². The fourth-order valence-corrected chi connectivity index (χ4v) is 2.66. The minimum atomic E-state index is -4.28. The van der Waals surface area contributed by atoms with Crippen molar-refractivity contribution in [2.24, 2.45) is 0 Å². The highest BCUT2D eigenvalue weighted by atomic mass is 35.5. The fraction of sp³-hybridized carbons (Fsp3) is 0.462. The van der Waals surface area contributed by atoms with Crippen molar-refractivity contribution in [2.45, 2.75) is 36.9 Å². The van der Waals surface area contributed by atoms with Gasteiger partial charge in [0.2, 0.25) is 0 Å². The van der Waals surface area contributed by atoms with Crippen LogP contribution in [0.25, 0.3) is 11.0 Å². The summed E-state index contributed by atoms with van der Waals surface area (Å²) in [5.41, 5.74) is -0.762. The average Bonchev–Trinajstić information content (AvgIpc) is 3.04. The predicted molar refractivity (Wildman–Crippen MR) is 67.3 cm³/mol. The maximum absolute atomic E-state index is 13.3. The molecular formula is C13H12ClF3N2. The molecule has 1 aromatic carbocycles. The van der Waals surface area contributed by atoms with Crippen molar-refractivity contribution in [1.82, 2.24) is 9.55 Å². The van der Waals surface area contributed by atoms with E-state index in [1.54, 1.807) is 31.2 Å². The van der Waals surface area contributed by atoms with Crippen LogP contribution in [0.3, 0.4) is 0 Å². The van der Waals surface area contributed by atoms with Crippen LogP contribution in [0.1, 0.15) is 31.0 Å². The molecule has 1 atom stereocenters. The molecule has 2 aromatic rings. The van der Waals surface area contributed by atoms with Crippen molar-refractivity contribution < 1.29 is 13.2 Å². The molecule has 102 valence electrons. The first kappa shape index (κ1) is 12.8. The number of para-hydroxylation sites is 2. The predicted octanol–water partition coefficient (Wildman–Crippen LogP) is 4.39. The van der Waals surface area contributed by atoms with Gasteiger partial charge >= 0.3 is 6.18 Å². The van der Waals surface area contributed by atoms with Crippen LogP contribution in [-0.2, 0) is 5.54 Å². The molecule has 1 heterocycles. The first-order valence-electron chi connectivity index (χ1n) is 6.05. The summed E-state index contributed by atoms with van der Waals surface area (Å²) in [6.45, 7) is 1.64. The normalized spacial score (nSPS) is 19.6. The van der Waals surface area contributed by atoms with Gasteiger partial charge in [0, 0.05) is 0 Å². The second-order valence-corrected chi connectivity index (χ2v) is 5.59. The van der Waals surface area contributed by atoms with Gasteiger partial charge in [-0.05, 0) is 31.9 Å². The van der Waals surface area contributed by atoms with Gasteiger partial charge in [-0.2, -0.15) is 13.2 Å². The molecule has 6 heteroatoms. The molecule has 1 aliphatic carbocycles. The molecular weight excluding hydrogens is 277 g/mol. The molecule has 0 saturated heterocycles. The minimum Gasteiger partial charge on any atom is -0.311 e. The van der Waals surface area contributed by atoms with Gasteiger partial charge in [0.1, 0.15) is 11.4 Å². The van der Waals surface area contributed by atoms with E-state index in [0.717, 1.165) is 0 Å². The lowest BCUT2D eigenvalue weighted by Crippen LogP contribution is -2.36. The van der Waals surface area contributed by atoms with E-state index < -0.39 is 17.1 Å². The second kappa shape index (κ2) is 3.88. The van der Waals surface area contributed by atoms with Crippen LogP contribution < -0.4 is 0 Å². The van der Waals surface area contributed by atoms with Gasteiger partial charge in [0.15, 0.2) is 0 Å². The lowest BCUT2D eigenvalue weighted by molar-refractivity contribution is -0.179. The fourth-order valence-electron chi connectivity index (χ4n) is 2.51. The van der Waals surface area contributed by atoms with Crippen LogP contribution in [0, 0.1) is 0 Å². The molecule has 0 bridgehead atoms. The van der Waals surface area contributed by atoms with E-state index in [4.69, 9.17) is 11.6 Å². The number of alkyl halides is 4. The Labute approximate surface area is 113 Å². The smallest absolute Gasteiger partial charge is 0.311 e. The third-order valence-corrected chi connectivity index (χ3v) is 3.82. The Morgan fingerprint density at radius 2 is 1.95 bits per heavy atom. The summed E-state index contributed by atoms with van der Waals surface area (Å²) in [6.07, 6.45) is -4.10. The number of halogens is 4. The molecule has 0 aliphatic heterocycles. The van der Waals surface area contributed by atoms with Crippen LogP contribution in [0.2, 0.25) is 0 Å². The Morgan fingerprint density at radius 1 is 1.32 bits per heavy atom. The maximum atomic E-state index is 13.3. The summed E-state index contributed by atoms with van der Waals surface area (Å²) in [6, 6.07) is 6.85. The number of rotatable bonds is 2. The van der Waals surface area contributed by atoms with Gasteiger partial charge in [-0.1, -0.05) is 12.1 Å². The first-order chi connectivity index (χ1) is 8.87. The van der Waals surface area contributed by atoms with Crippen LogP contribution in [0.5, 0.6) is 0 Å². The topological polar surface area (TPSA) is 17.8 Å². The number of benzene rings is 1. The summed E-state index contributed by atoms with van der Waals surface area (Å²) in [4.78, 5) is 4.26. The molecule has 0 N–H and O–H groups in total. The highest BCUT2D eigenvalue weighted by molar-refractivity contribution is 6.20. The minimum absolute atomic E-state index is 0.0907. The van der Waals surface area contributed by atoms with Gasteiger partial charge in [-0.15, -0.1) is 11.6 Å². The molecule has 0 spiro atoms. The monoisotopic (exact) mass is 288 g/mol. The van der Waals surface area contributed by atoms with E-state index in [1.165, 1.54) is 4.57 Å². The zero-order valence-corrected chi connectivity index (χ0v) is 11.0. The van der Waals surface area contributed by atoms with Crippen molar-refractivity contribution in [1.29, 1.82) is 0 Å². The van der Waals surface area contributed by atoms with Gasteiger partial charge in [0.25, 0.3) is 0 Å². The molecule has 2 nitrogen and oxygen atoms in total. The number of hydrogen-bond donors (Lipinski definition) is 0. The largest absolute Gasteiger partial charge is 0.412 e. The number of imidazole rings is 1. The lowest BCUT2D eigenvalue weighted by Gasteiger charge is -2.24. The number of nitrogens with zero attached hydrogens (tertiary/aromatic N) is 2. The molecule has 1 saturated carbocycles. The van der Waals surface area contributed by atoms with Crippen molar-refractivity contribution in [2.75, 3.05) is 0 Å². The Bertz CT molecular complexity index is 626. The zero-order valence-electron chi connectivity index (χ0n) is 10.2. The molecule has 1 aromatic heterocycles. The maximum Gasteiger partial charge on any atom is 0.412 e. The zero-order chi connectivity index (χ0) is 13.8. The molecule has 1 fully saturated rings. The summed E-state index contributed by atoms with van der Waals surface area (Å²) in [7, 11) is 0. The number of fused-ring (bicyclic) bond motifs is 1. The molecule has 0 amide bonds. The Morgan fingerprint density at radius 3 is 2.47 bits per heavy atom. The molecule has 1 unspecified atom stereocenters. The molecule has 19 heavy (non-hydrogen) atoms. The number of hydrogen-bond acceptors (Lipinski definition) is 1. The lowest BCUT2D eigenvalue weighted by atomic mass is 10.2. The average molecular weight is 289 g/mol. The van der Waals surface area contributed by atoms with Crippen molar-refractivity contribution in [3.8, 4) is 0 Å². The Kier molecular flexibility index (Phi) is 2.61. The van der Waals surface area contributed by atoms with Gasteiger partial charge < -0.3 is 4.57 Å². The number of aromatic nitrogens is 2. The van der Waals surface area contributed by atoms with Gasteiger partial charge in [-0.3, -0.25) is 0 Å². The van der Waals surface area contributed by atoms with Gasteiger partial charge in [-0.25, -0.2) is 4.98 Å². The summed E-state index contributed by atoms with van der Waals surface area (Å²) in [5, 5.41) is -0.563. The van der Waals surface area contributed by atoms with Crippen molar-refractivity contribution in [3.63, 3.8) is 0 Å². The van der Waals surface area contributed by atoms with Gasteiger partial charge in [0.05, 0.1) is 16.4 Å². The summed E-state index contributed by atoms with van der Waals surface area (Å²) < 4.78 is 41.3. The quantitative estimate of drug-likeness (QED) is 0.750. The van der Waals surface area contributed by atoms with E-state index in [9.17, 15) is 13.2 Å². The summed E-state index contributed by atoms with van der Waals surface area (Å²) in [5.74, 6) is 0.290. The van der Waals surface area contributed by atoms with Crippen LogP contribution in [0.15, 0.2) is 24.3 Å². The first-order valence-corrected chi connectivity index (χ1v) is 6.49. The molecule has 3 rings (SSSR count). The van der Waals surface area contributed by atoms with Crippen LogP contribution in [0.4, 0.5) is 13.2 Å². The van der Waals surface area contributed by atoms with E-state index in [-0.39, 0.29) is 18.7 Å². The third-order valence-electron chi connectivity index (χ3n) is 3.62. The van der Waals surface area contributed by atoms with Crippen molar-refractivity contribution >= 4 is 22.6 Å². The second-order valence-electron chi connectivity index (χ2n) is 4.94. The molecule has 1 aliphatic rings. The van der Waals surface area contributed by atoms with E-state index in [0.29, 0.717) is 11.0 Å².